The molecule has 114 valence electrons. The second-order valence-corrected chi connectivity index (χ2v) is 6.59. The number of piperidine rings is 1. The number of nitrogens with zero attached hydrogens (tertiary/aromatic N) is 2. The summed E-state index contributed by atoms with van der Waals surface area (Å²) >= 11 is 0. The zero-order valence-corrected chi connectivity index (χ0v) is 13.3. The summed E-state index contributed by atoms with van der Waals surface area (Å²) in [6, 6.07) is 0.131. The first-order valence-electron chi connectivity index (χ1n) is 7.64. The van der Waals surface area contributed by atoms with Gasteiger partial charge in [0.25, 0.3) is 0 Å². The van der Waals surface area contributed by atoms with E-state index in [1.807, 2.05) is 6.92 Å². The third-order valence-electron chi connectivity index (χ3n) is 4.04. The largest absolute Gasteiger partial charge is 0.370 e. The van der Waals surface area contributed by atoms with Crippen LogP contribution >= 0.6 is 0 Å². The molecule has 1 aliphatic heterocycles. The smallest absolute Gasteiger partial charge is 0.244 e. The molecular weight excluding hydrogens is 254 g/mol. The zero-order valence-electron chi connectivity index (χ0n) is 13.3. The molecule has 2 unspecified atom stereocenters. The van der Waals surface area contributed by atoms with Crippen molar-refractivity contribution in [3.8, 4) is 0 Å². The van der Waals surface area contributed by atoms with Crippen molar-refractivity contribution in [1.29, 1.82) is 0 Å². The number of nitrogens with one attached hydrogen (secondary N) is 1. The number of rotatable bonds is 5. The van der Waals surface area contributed by atoms with E-state index >= 15 is 0 Å². The molecule has 2 heterocycles. The Morgan fingerprint density at radius 1 is 1.45 bits per heavy atom. The van der Waals surface area contributed by atoms with Gasteiger partial charge in [-0.3, -0.25) is 0 Å². The van der Waals surface area contributed by atoms with Crippen molar-refractivity contribution in [2.24, 2.45) is 11.3 Å². The molecule has 1 aliphatic rings. The molecule has 0 aliphatic carbocycles. The number of hydrogen-bond donors (Lipinski definition) is 1. The molecule has 0 aromatic carbocycles. The molecule has 5 heteroatoms. The summed E-state index contributed by atoms with van der Waals surface area (Å²) < 4.78 is 11.3. The van der Waals surface area contributed by atoms with Crippen LogP contribution in [0, 0.1) is 11.3 Å². The van der Waals surface area contributed by atoms with Gasteiger partial charge in [0, 0.05) is 6.61 Å². The van der Waals surface area contributed by atoms with E-state index in [-0.39, 0.29) is 17.6 Å². The minimum atomic E-state index is -0.0933. The van der Waals surface area contributed by atoms with Gasteiger partial charge < -0.3 is 14.6 Å². The summed E-state index contributed by atoms with van der Waals surface area (Å²) in [5.41, 5.74) is 0.140. The van der Waals surface area contributed by atoms with Gasteiger partial charge in [0.15, 0.2) is 0 Å². The Balaban J connectivity index is 2.19. The molecule has 0 saturated carbocycles. The third kappa shape index (κ3) is 3.20. The Morgan fingerprint density at radius 3 is 2.80 bits per heavy atom. The molecule has 0 bridgehead atoms. The van der Waals surface area contributed by atoms with Gasteiger partial charge in [-0.2, -0.15) is 4.98 Å². The molecule has 0 spiro atoms. The lowest BCUT2D eigenvalue weighted by Gasteiger charge is -2.36. The van der Waals surface area contributed by atoms with E-state index in [1.54, 1.807) is 0 Å². The van der Waals surface area contributed by atoms with Crippen molar-refractivity contribution in [2.45, 2.75) is 59.6 Å². The molecule has 1 N–H and O–H groups in total. The first kappa shape index (κ1) is 15.4. The average molecular weight is 281 g/mol. The molecule has 1 aromatic heterocycles. The van der Waals surface area contributed by atoms with Crippen molar-refractivity contribution in [3.63, 3.8) is 0 Å². The third-order valence-corrected chi connectivity index (χ3v) is 4.04. The van der Waals surface area contributed by atoms with Gasteiger partial charge in [0.05, 0.1) is 6.04 Å². The standard InChI is InChI=1S/C15H27N3O2/c1-6-19-11(10(2)3)13-17-14(20-18-13)12-15(4,5)8-7-9-16-12/h10-12,16H,6-9H2,1-5H3. The Labute approximate surface area is 121 Å². The van der Waals surface area contributed by atoms with Gasteiger partial charge >= 0.3 is 0 Å². The average Bonchev–Trinajstić information content (AvgIpc) is 2.84. The van der Waals surface area contributed by atoms with Crippen molar-refractivity contribution in [1.82, 2.24) is 15.5 Å². The van der Waals surface area contributed by atoms with Gasteiger partial charge in [-0.15, -0.1) is 0 Å². The summed E-state index contributed by atoms with van der Waals surface area (Å²) in [6.45, 7) is 12.4. The molecule has 1 aromatic rings. The predicted octanol–water partition coefficient (Wildman–Crippen LogP) is 3.25. The van der Waals surface area contributed by atoms with Gasteiger partial charge in [-0.25, -0.2) is 0 Å². The zero-order chi connectivity index (χ0) is 14.8. The summed E-state index contributed by atoms with van der Waals surface area (Å²) in [5.74, 6) is 1.68. The van der Waals surface area contributed by atoms with Crippen molar-refractivity contribution in [3.05, 3.63) is 11.7 Å². The molecule has 2 rings (SSSR count). The van der Waals surface area contributed by atoms with Crippen LogP contribution < -0.4 is 5.32 Å². The minimum Gasteiger partial charge on any atom is -0.370 e. The Bertz CT molecular complexity index is 429. The van der Waals surface area contributed by atoms with E-state index in [9.17, 15) is 0 Å². The van der Waals surface area contributed by atoms with Gasteiger partial charge in [-0.1, -0.05) is 32.9 Å². The first-order chi connectivity index (χ1) is 9.45. The van der Waals surface area contributed by atoms with E-state index in [4.69, 9.17) is 9.26 Å². The predicted molar refractivity (Wildman–Crippen MR) is 77.3 cm³/mol. The van der Waals surface area contributed by atoms with Crippen LogP contribution in [0.3, 0.4) is 0 Å². The lowest BCUT2D eigenvalue weighted by Crippen LogP contribution is -2.39. The monoisotopic (exact) mass is 281 g/mol. The van der Waals surface area contributed by atoms with E-state index in [0.29, 0.717) is 24.2 Å². The van der Waals surface area contributed by atoms with Gasteiger partial charge in [-0.05, 0) is 37.6 Å². The van der Waals surface area contributed by atoms with E-state index in [1.165, 1.54) is 12.8 Å². The number of ether oxygens (including phenoxy) is 1. The normalized spacial score (nSPS) is 24.0. The number of hydrogen-bond acceptors (Lipinski definition) is 5. The Kier molecular flexibility index (Phi) is 4.81. The fourth-order valence-corrected chi connectivity index (χ4v) is 2.86. The van der Waals surface area contributed by atoms with Crippen LogP contribution in [0.2, 0.25) is 0 Å². The molecule has 2 atom stereocenters. The first-order valence-corrected chi connectivity index (χ1v) is 7.64. The molecule has 5 nitrogen and oxygen atoms in total. The van der Waals surface area contributed by atoms with E-state index in [0.717, 1.165) is 6.54 Å². The molecular formula is C15H27N3O2. The Hall–Kier alpha value is -0.940. The van der Waals surface area contributed by atoms with Crippen LogP contribution in [0.25, 0.3) is 0 Å². The SMILES string of the molecule is CCOC(c1noc(C2NCCCC2(C)C)n1)C(C)C. The topological polar surface area (TPSA) is 60.2 Å². The second kappa shape index (κ2) is 6.22. The van der Waals surface area contributed by atoms with Crippen LogP contribution in [-0.2, 0) is 4.74 Å². The Morgan fingerprint density at radius 2 is 2.20 bits per heavy atom. The molecule has 0 radical (unpaired) electrons. The van der Waals surface area contributed by atoms with Crippen molar-refractivity contribution >= 4 is 0 Å². The highest BCUT2D eigenvalue weighted by Gasteiger charge is 2.37. The fraction of sp³-hybridized carbons (Fsp3) is 0.867. The lowest BCUT2D eigenvalue weighted by atomic mass is 9.77. The van der Waals surface area contributed by atoms with Crippen molar-refractivity contribution < 1.29 is 9.26 Å². The van der Waals surface area contributed by atoms with E-state index < -0.39 is 0 Å². The van der Waals surface area contributed by atoms with Crippen LogP contribution in [0.1, 0.15) is 71.3 Å². The van der Waals surface area contributed by atoms with E-state index in [2.05, 4.69) is 43.2 Å². The maximum Gasteiger partial charge on any atom is 0.244 e. The molecule has 20 heavy (non-hydrogen) atoms. The summed E-state index contributed by atoms with van der Waals surface area (Å²) in [4.78, 5) is 4.60. The minimum absolute atomic E-state index is 0.0933. The second-order valence-electron chi connectivity index (χ2n) is 6.59. The van der Waals surface area contributed by atoms with Crippen LogP contribution in [0.15, 0.2) is 4.52 Å². The summed E-state index contributed by atoms with van der Waals surface area (Å²) in [7, 11) is 0. The molecule has 0 amide bonds. The maximum absolute atomic E-state index is 5.74. The van der Waals surface area contributed by atoms with Gasteiger partial charge in [0.2, 0.25) is 11.7 Å². The van der Waals surface area contributed by atoms with Crippen molar-refractivity contribution in [2.75, 3.05) is 13.2 Å². The van der Waals surface area contributed by atoms with Gasteiger partial charge in [0.1, 0.15) is 6.10 Å². The van der Waals surface area contributed by atoms with Crippen LogP contribution in [-0.4, -0.2) is 23.3 Å². The lowest BCUT2D eigenvalue weighted by molar-refractivity contribution is 0.0217. The molecule has 1 fully saturated rings. The summed E-state index contributed by atoms with van der Waals surface area (Å²) in [6.07, 6.45) is 2.27. The highest BCUT2D eigenvalue weighted by molar-refractivity contribution is 5.03. The van der Waals surface area contributed by atoms with Crippen LogP contribution in [0.5, 0.6) is 0 Å². The number of aromatic nitrogens is 2. The maximum atomic E-state index is 5.74. The summed E-state index contributed by atoms with van der Waals surface area (Å²) in [5, 5.41) is 7.65. The van der Waals surface area contributed by atoms with Crippen LogP contribution in [0.4, 0.5) is 0 Å². The fourth-order valence-electron chi connectivity index (χ4n) is 2.86. The molecule has 1 saturated heterocycles. The quantitative estimate of drug-likeness (QED) is 0.897. The highest BCUT2D eigenvalue weighted by Crippen LogP contribution is 2.39. The highest BCUT2D eigenvalue weighted by atomic mass is 16.5.